The molecule has 3 aromatic rings. The van der Waals surface area contributed by atoms with Gasteiger partial charge in [0.05, 0.1) is 17.7 Å². The van der Waals surface area contributed by atoms with Crippen molar-refractivity contribution in [1.82, 2.24) is 9.97 Å². The second-order valence-corrected chi connectivity index (χ2v) is 3.86. The fourth-order valence-electron chi connectivity index (χ4n) is 1.93. The summed E-state index contributed by atoms with van der Waals surface area (Å²) in [4.78, 5) is 7.62. The van der Waals surface area contributed by atoms with E-state index in [2.05, 4.69) is 34.2 Å². The van der Waals surface area contributed by atoms with E-state index in [-0.39, 0.29) is 12.4 Å². The minimum absolute atomic E-state index is 0. The van der Waals surface area contributed by atoms with Crippen molar-refractivity contribution < 1.29 is 0 Å². The predicted molar refractivity (Wildman–Crippen MR) is 76.7 cm³/mol. The number of benzene rings is 2. The van der Waals surface area contributed by atoms with Crippen LogP contribution in [-0.4, -0.2) is 9.97 Å². The molecule has 3 heteroatoms. The van der Waals surface area contributed by atoms with Gasteiger partial charge >= 0.3 is 0 Å². The minimum Gasteiger partial charge on any atom is -0.344 e. The molecule has 0 saturated heterocycles. The number of aromatic nitrogens is 2. The summed E-state index contributed by atoms with van der Waals surface area (Å²) in [5.41, 5.74) is 4.35. The zero-order chi connectivity index (χ0) is 11.5. The molecular formula is C15H13ClN2. The molecule has 0 radical (unpaired) electrons. The number of aromatic amines is 1. The van der Waals surface area contributed by atoms with Gasteiger partial charge in [0.25, 0.3) is 0 Å². The maximum absolute atomic E-state index is 4.41. The summed E-state index contributed by atoms with van der Waals surface area (Å²) in [6.07, 6.45) is 1.74. The van der Waals surface area contributed by atoms with Gasteiger partial charge in [-0.15, -0.1) is 12.4 Å². The Morgan fingerprint density at radius 2 is 1.28 bits per heavy atom. The Morgan fingerprint density at radius 1 is 0.722 bits per heavy atom. The molecule has 0 amide bonds. The Balaban J connectivity index is 0.00000120. The van der Waals surface area contributed by atoms with E-state index >= 15 is 0 Å². The van der Waals surface area contributed by atoms with Crippen LogP contribution in [0.15, 0.2) is 67.0 Å². The van der Waals surface area contributed by atoms with E-state index in [1.165, 1.54) is 0 Å². The second kappa shape index (κ2) is 5.52. The number of imidazole rings is 1. The standard InChI is InChI=1S/C15H12N2.ClH/c1-3-7-12(8-4-1)14-15(17-11-16-14)13-9-5-2-6-10-13;/h1-11H,(H,16,17);1H. The molecule has 0 unspecified atom stereocenters. The lowest BCUT2D eigenvalue weighted by atomic mass is 10.1. The van der Waals surface area contributed by atoms with Crippen molar-refractivity contribution in [2.24, 2.45) is 0 Å². The summed E-state index contributed by atoms with van der Waals surface area (Å²) >= 11 is 0. The van der Waals surface area contributed by atoms with Crippen molar-refractivity contribution in [2.45, 2.75) is 0 Å². The summed E-state index contributed by atoms with van der Waals surface area (Å²) < 4.78 is 0. The highest BCUT2D eigenvalue weighted by Gasteiger charge is 2.08. The van der Waals surface area contributed by atoms with Crippen LogP contribution in [0.2, 0.25) is 0 Å². The van der Waals surface area contributed by atoms with Gasteiger partial charge in [0.1, 0.15) is 0 Å². The van der Waals surface area contributed by atoms with E-state index in [1.807, 2.05) is 36.4 Å². The smallest absolute Gasteiger partial charge is 0.0960 e. The first-order valence-electron chi connectivity index (χ1n) is 5.59. The molecule has 1 N–H and O–H groups in total. The third-order valence-electron chi connectivity index (χ3n) is 2.75. The molecule has 1 aromatic heterocycles. The molecule has 2 nitrogen and oxygen atoms in total. The number of H-pyrrole nitrogens is 1. The highest BCUT2D eigenvalue weighted by atomic mass is 35.5. The maximum atomic E-state index is 4.41. The lowest BCUT2D eigenvalue weighted by Crippen LogP contribution is -1.82. The molecular weight excluding hydrogens is 244 g/mol. The van der Waals surface area contributed by atoms with Crippen LogP contribution in [0.3, 0.4) is 0 Å². The quantitative estimate of drug-likeness (QED) is 0.733. The molecule has 3 rings (SSSR count). The number of rotatable bonds is 2. The zero-order valence-electron chi connectivity index (χ0n) is 9.71. The van der Waals surface area contributed by atoms with E-state index in [0.717, 1.165) is 22.5 Å². The van der Waals surface area contributed by atoms with E-state index < -0.39 is 0 Å². The number of nitrogens with zero attached hydrogens (tertiary/aromatic N) is 1. The van der Waals surface area contributed by atoms with Crippen molar-refractivity contribution >= 4 is 12.4 Å². The number of hydrogen-bond acceptors (Lipinski definition) is 1. The number of halogens is 1. The third kappa shape index (κ3) is 2.29. The predicted octanol–water partition coefficient (Wildman–Crippen LogP) is 4.17. The van der Waals surface area contributed by atoms with E-state index in [0.29, 0.717) is 0 Å². The highest BCUT2D eigenvalue weighted by Crippen LogP contribution is 2.28. The van der Waals surface area contributed by atoms with Crippen molar-refractivity contribution in [1.29, 1.82) is 0 Å². The molecule has 0 atom stereocenters. The average Bonchev–Trinajstić information content (AvgIpc) is 2.90. The lowest BCUT2D eigenvalue weighted by molar-refractivity contribution is 1.31. The van der Waals surface area contributed by atoms with Gasteiger partial charge in [-0.05, 0) is 0 Å². The zero-order valence-corrected chi connectivity index (χ0v) is 10.5. The fraction of sp³-hybridized carbons (Fsp3) is 0. The van der Waals surface area contributed by atoms with E-state index in [9.17, 15) is 0 Å². The van der Waals surface area contributed by atoms with Crippen molar-refractivity contribution in [3.63, 3.8) is 0 Å². The van der Waals surface area contributed by atoms with Crippen molar-refractivity contribution in [3.05, 3.63) is 67.0 Å². The first kappa shape index (κ1) is 12.4. The Labute approximate surface area is 112 Å². The SMILES string of the molecule is Cl.c1ccc(-c2nc[nH]c2-c2ccccc2)cc1. The molecule has 0 fully saturated rings. The van der Waals surface area contributed by atoms with Crippen LogP contribution in [0.1, 0.15) is 0 Å². The maximum Gasteiger partial charge on any atom is 0.0960 e. The molecule has 0 aliphatic rings. The van der Waals surface area contributed by atoms with Gasteiger partial charge in [-0.2, -0.15) is 0 Å². The van der Waals surface area contributed by atoms with Crippen LogP contribution in [0.5, 0.6) is 0 Å². The van der Waals surface area contributed by atoms with E-state index in [1.54, 1.807) is 6.33 Å². The Morgan fingerprint density at radius 3 is 1.89 bits per heavy atom. The highest BCUT2D eigenvalue weighted by molar-refractivity contribution is 5.85. The summed E-state index contributed by atoms with van der Waals surface area (Å²) in [5.74, 6) is 0. The van der Waals surface area contributed by atoms with Gasteiger partial charge in [-0.3, -0.25) is 0 Å². The molecule has 0 aliphatic carbocycles. The molecule has 90 valence electrons. The molecule has 0 spiro atoms. The molecule has 0 saturated carbocycles. The summed E-state index contributed by atoms with van der Waals surface area (Å²) in [6, 6.07) is 20.5. The van der Waals surface area contributed by atoms with Gasteiger partial charge in [0.15, 0.2) is 0 Å². The monoisotopic (exact) mass is 256 g/mol. The van der Waals surface area contributed by atoms with Crippen LogP contribution >= 0.6 is 12.4 Å². The largest absolute Gasteiger partial charge is 0.344 e. The van der Waals surface area contributed by atoms with Gasteiger partial charge in [-0.25, -0.2) is 4.98 Å². The van der Waals surface area contributed by atoms with Gasteiger partial charge in [0, 0.05) is 11.1 Å². The van der Waals surface area contributed by atoms with Gasteiger partial charge in [0.2, 0.25) is 0 Å². The molecule has 0 bridgehead atoms. The second-order valence-electron chi connectivity index (χ2n) is 3.86. The fourth-order valence-corrected chi connectivity index (χ4v) is 1.93. The summed E-state index contributed by atoms with van der Waals surface area (Å²) in [5, 5.41) is 0. The first-order chi connectivity index (χ1) is 8.45. The minimum atomic E-state index is 0. The van der Waals surface area contributed by atoms with Crippen molar-refractivity contribution in [2.75, 3.05) is 0 Å². The summed E-state index contributed by atoms with van der Waals surface area (Å²) in [7, 11) is 0. The number of hydrogen-bond donors (Lipinski definition) is 1. The Bertz CT molecular complexity index is 549. The Hall–Kier alpha value is -2.06. The summed E-state index contributed by atoms with van der Waals surface area (Å²) in [6.45, 7) is 0. The van der Waals surface area contributed by atoms with Gasteiger partial charge < -0.3 is 4.98 Å². The van der Waals surface area contributed by atoms with Crippen LogP contribution in [-0.2, 0) is 0 Å². The van der Waals surface area contributed by atoms with Crippen LogP contribution in [0.4, 0.5) is 0 Å². The normalized spacial score (nSPS) is 9.78. The van der Waals surface area contributed by atoms with Gasteiger partial charge in [-0.1, -0.05) is 60.7 Å². The van der Waals surface area contributed by atoms with E-state index in [4.69, 9.17) is 0 Å². The molecule has 0 aliphatic heterocycles. The molecule has 2 aromatic carbocycles. The van der Waals surface area contributed by atoms with Crippen LogP contribution in [0, 0.1) is 0 Å². The Kier molecular flexibility index (Phi) is 3.80. The third-order valence-corrected chi connectivity index (χ3v) is 2.75. The molecule has 18 heavy (non-hydrogen) atoms. The number of nitrogens with one attached hydrogen (secondary N) is 1. The topological polar surface area (TPSA) is 28.7 Å². The van der Waals surface area contributed by atoms with Crippen LogP contribution < -0.4 is 0 Å². The average molecular weight is 257 g/mol. The molecule has 1 heterocycles. The van der Waals surface area contributed by atoms with Crippen LogP contribution in [0.25, 0.3) is 22.5 Å². The first-order valence-corrected chi connectivity index (χ1v) is 5.59. The lowest BCUT2D eigenvalue weighted by Gasteiger charge is -2.02. The van der Waals surface area contributed by atoms with Crippen molar-refractivity contribution in [3.8, 4) is 22.5 Å².